The summed E-state index contributed by atoms with van der Waals surface area (Å²) in [6.07, 6.45) is 3.37. The Kier molecular flexibility index (Phi) is 6.06. The van der Waals surface area contributed by atoms with Gasteiger partial charge in [0.1, 0.15) is 0 Å². The Morgan fingerprint density at radius 2 is 1.57 bits per heavy atom. The molecule has 2 amide bonds. The Hall–Kier alpha value is -1.11. The Morgan fingerprint density at radius 1 is 1.00 bits per heavy atom. The molecule has 1 aliphatic heterocycles. The van der Waals surface area contributed by atoms with Crippen molar-refractivity contribution in [2.24, 2.45) is 17.8 Å². The predicted octanol–water partition coefficient (Wildman–Crippen LogP) is 0.868. The fourth-order valence-electron chi connectivity index (χ4n) is 3.29. The first kappa shape index (κ1) is 18.2. The second kappa shape index (κ2) is 7.64. The summed E-state index contributed by atoms with van der Waals surface area (Å²) in [5, 5.41) is 5.83. The number of hydrogen-bond acceptors (Lipinski definition) is 4. The van der Waals surface area contributed by atoms with E-state index in [1.165, 1.54) is 0 Å². The highest BCUT2D eigenvalue weighted by molar-refractivity contribution is 7.91. The van der Waals surface area contributed by atoms with Crippen LogP contribution in [0, 0.1) is 17.8 Å². The summed E-state index contributed by atoms with van der Waals surface area (Å²) < 4.78 is 22.9. The first-order valence-electron chi connectivity index (χ1n) is 8.55. The van der Waals surface area contributed by atoms with Crippen LogP contribution in [0.3, 0.4) is 0 Å². The lowest BCUT2D eigenvalue weighted by atomic mass is 9.81. The van der Waals surface area contributed by atoms with Gasteiger partial charge in [-0.05, 0) is 38.0 Å². The van der Waals surface area contributed by atoms with Crippen LogP contribution < -0.4 is 10.6 Å². The van der Waals surface area contributed by atoms with E-state index in [1.54, 1.807) is 0 Å². The smallest absolute Gasteiger partial charge is 0.223 e. The van der Waals surface area contributed by atoms with Crippen molar-refractivity contribution in [2.45, 2.75) is 52.0 Å². The number of sulfone groups is 1. The molecular formula is C16H28N2O4S. The third-order valence-electron chi connectivity index (χ3n) is 4.73. The van der Waals surface area contributed by atoms with Crippen molar-refractivity contribution in [3.05, 3.63) is 0 Å². The summed E-state index contributed by atoms with van der Waals surface area (Å²) in [4.78, 5) is 24.3. The standard InChI is InChI=1S/C16H28N2O4S/c1-11(2)9-17-15(19)12-3-5-13(6-4-12)16(20)18-14-7-8-23(21,22)10-14/h11-14H,3-10H2,1-2H3,(H,17,19)(H,18,20). The molecule has 0 radical (unpaired) electrons. The molecule has 0 spiro atoms. The van der Waals surface area contributed by atoms with Crippen LogP contribution in [0.2, 0.25) is 0 Å². The molecule has 2 rings (SSSR count). The van der Waals surface area contributed by atoms with Crippen LogP contribution in [0.15, 0.2) is 0 Å². The molecule has 132 valence electrons. The summed E-state index contributed by atoms with van der Waals surface area (Å²) in [5.74, 6) is 0.625. The van der Waals surface area contributed by atoms with Crippen LogP contribution in [0.5, 0.6) is 0 Å². The number of carbonyl (C=O) groups excluding carboxylic acids is 2. The van der Waals surface area contributed by atoms with Crippen molar-refractivity contribution in [2.75, 3.05) is 18.1 Å². The first-order valence-corrected chi connectivity index (χ1v) is 10.4. The van der Waals surface area contributed by atoms with Crippen LogP contribution in [0.1, 0.15) is 46.0 Å². The zero-order chi connectivity index (χ0) is 17.0. The third-order valence-corrected chi connectivity index (χ3v) is 6.50. The lowest BCUT2D eigenvalue weighted by molar-refractivity contribution is -0.130. The van der Waals surface area contributed by atoms with Gasteiger partial charge in [0.25, 0.3) is 0 Å². The maximum Gasteiger partial charge on any atom is 0.223 e. The summed E-state index contributed by atoms with van der Waals surface area (Å²) in [6.45, 7) is 4.81. The van der Waals surface area contributed by atoms with Crippen LogP contribution in [0.4, 0.5) is 0 Å². The Morgan fingerprint density at radius 3 is 2.04 bits per heavy atom. The van der Waals surface area contributed by atoms with Crippen LogP contribution >= 0.6 is 0 Å². The number of carbonyl (C=O) groups is 2. The average Bonchev–Trinajstić information content (AvgIpc) is 2.83. The minimum absolute atomic E-state index is 0.00431. The average molecular weight is 344 g/mol. The molecule has 0 aromatic rings. The van der Waals surface area contributed by atoms with E-state index in [0.717, 1.165) is 12.8 Å². The van der Waals surface area contributed by atoms with Gasteiger partial charge < -0.3 is 10.6 Å². The van der Waals surface area contributed by atoms with Gasteiger partial charge in [0.2, 0.25) is 11.8 Å². The highest BCUT2D eigenvalue weighted by Gasteiger charge is 2.33. The van der Waals surface area contributed by atoms with Gasteiger partial charge in [-0.15, -0.1) is 0 Å². The highest BCUT2D eigenvalue weighted by atomic mass is 32.2. The van der Waals surface area contributed by atoms with Crippen LogP contribution in [-0.4, -0.2) is 44.3 Å². The number of nitrogens with one attached hydrogen (secondary N) is 2. The van der Waals surface area contributed by atoms with E-state index in [2.05, 4.69) is 24.5 Å². The number of rotatable bonds is 5. The quantitative estimate of drug-likeness (QED) is 0.774. The van der Waals surface area contributed by atoms with Crippen molar-refractivity contribution in [1.29, 1.82) is 0 Å². The maximum absolute atomic E-state index is 12.3. The molecule has 1 unspecified atom stereocenters. The highest BCUT2D eigenvalue weighted by Crippen LogP contribution is 2.29. The summed E-state index contributed by atoms with van der Waals surface area (Å²) >= 11 is 0. The van der Waals surface area contributed by atoms with Crippen molar-refractivity contribution >= 4 is 21.7 Å². The van der Waals surface area contributed by atoms with E-state index >= 15 is 0 Å². The van der Waals surface area contributed by atoms with Crippen molar-refractivity contribution < 1.29 is 18.0 Å². The Balaban J connectivity index is 1.73. The topological polar surface area (TPSA) is 92.3 Å². The summed E-state index contributed by atoms with van der Waals surface area (Å²) in [7, 11) is -2.97. The molecule has 0 bridgehead atoms. The van der Waals surface area contributed by atoms with Crippen molar-refractivity contribution in [3.63, 3.8) is 0 Å². The zero-order valence-electron chi connectivity index (χ0n) is 14.0. The Labute approximate surface area is 138 Å². The molecule has 1 aliphatic carbocycles. The molecule has 2 N–H and O–H groups in total. The van der Waals surface area contributed by atoms with Gasteiger partial charge >= 0.3 is 0 Å². The van der Waals surface area contributed by atoms with Gasteiger partial charge in [-0.3, -0.25) is 9.59 Å². The van der Waals surface area contributed by atoms with Crippen LogP contribution in [0.25, 0.3) is 0 Å². The molecule has 2 fully saturated rings. The van der Waals surface area contributed by atoms with E-state index < -0.39 is 9.84 Å². The van der Waals surface area contributed by atoms with E-state index in [-0.39, 0.29) is 41.2 Å². The minimum atomic E-state index is -2.97. The molecule has 0 aromatic carbocycles. The largest absolute Gasteiger partial charge is 0.356 e. The number of amides is 2. The van der Waals surface area contributed by atoms with Gasteiger partial charge in [0.15, 0.2) is 9.84 Å². The summed E-state index contributed by atoms with van der Waals surface area (Å²) in [5.41, 5.74) is 0. The molecule has 7 heteroatoms. The molecule has 1 heterocycles. The molecule has 0 aromatic heterocycles. The lowest BCUT2D eigenvalue weighted by Gasteiger charge is -2.28. The molecule has 1 atom stereocenters. The fraction of sp³-hybridized carbons (Fsp3) is 0.875. The van der Waals surface area contributed by atoms with Gasteiger partial charge in [-0.2, -0.15) is 0 Å². The molecule has 1 saturated heterocycles. The first-order chi connectivity index (χ1) is 10.8. The lowest BCUT2D eigenvalue weighted by Crippen LogP contribution is -2.42. The number of hydrogen-bond donors (Lipinski definition) is 2. The second-order valence-electron chi connectivity index (χ2n) is 7.30. The zero-order valence-corrected chi connectivity index (χ0v) is 14.8. The third kappa shape index (κ3) is 5.48. The van der Waals surface area contributed by atoms with Crippen LogP contribution in [-0.2, 0) is 19.4 Å². The summed E-state index contributed by atoms with van der Waals surface area (Å²) in [6, 6.07) is -0.237. The molecule has 2 aliphatic rings. The molecule has 6 nitrogen and oxygen atoms in total. The van der Waals surface area contributed by atoms with Gasteiger partial charge in [-0.1, -0.05) is 13.8 Å². The predicted molar refractivity (Wildman–Crippen MR) is 88.5 cm³/mol. The van der Waals surface area contributed by atoms with E-state index in [0.29, 0.717) is 31.7 Å². The van der Waals surface area contributed by atoms with Crippen molar-refractivity contribution in [1.82, 2.24) is 10.6 Å². The van der Waals surface area contributed by atoms with Gasteiger partial charge in [0.05, 0.1) is 11.5 Å². The van der Waals surface area contributed by atoms with Gasteiger partial charge in [-0.25, -0.2) is 8.42 Å². The molecule has 23 heavy (non-hydrogen) atoms. The van der Waals surface area contributed by atoms with Crippen molar-refractivity contribution in [3.8, 4) is 0 Å². The van der Waals surface area contributed by atoms with E-state index in [9.17, 15) is 18.0 Å². The monoisotopic (exact) mass is 344 g/mol. The fourth-order valence-corrected chi connectivity index (χ4v) is 4.97. The van der Waals surface area contributed by atoms with E-state index in [1.807, 2.05) is 0 Å². The minimum Gasteiger partial charge on any atom is -0.356 e. The molecule has 1 saturated carbocycles. The second-order valence-corrected chi connectivity index (χ2v) is 9.52. The van der Waals surface area contributed by atoms with E-state index in [4.69, 9.17) is 0 Å². The normalized spacial score (nSPS) is 30.1. The SMILES string of the molecule is CC(C)CNC(=O)C1CCC(C(=O)NC2CCS(=O)(=O)C2)CC1. The maximum atomic E-state index is 12.3. The molecular weight excluding hydrogens is 316 g/mol. The Bertz CT molecular complexity index is 536. The van der Waals surface area contributed by atoms with Gasteiger partial charge in [0, 0.05) is 24.4 Å².